The summed E-state index contributed by atoms with van der Waals surface area (Å²) in [7, 11) is 0. The molecular weight excluding hydrogens is 316 g/mol. The minimum absolute atomic E-state index is 0.105. The Morgan fingerprint density at radius 3 is 2.32 bits per heavy atom. The van der Waals surface area contributed by atoms with Crippen molar-refractivity contribution in [1.29, 1.82) is 0 Å². The third-order valence-electron chi connectivity index (χ3n) is 9.39. The summed E-state index contributed by atoms with van der Waals surface area (Å²) < 4.78 is 0. The first kappa shape index (κ1) is 17.9. The zero-order valence-electron chi connectivity index (χ0n) is 15.9. The van der Waals surface area contributed by atoms with Gasteiger partial charge in [0, 0.05) is 5.41 Å². The van der Waals surface area contributed by atoms with Crippen LogP contribution < -0.4 is 0 Å². The van der Waals surface area contributed by atoms with Crippen LogP contribution in [0.25, 0.3) is 0 Å². The lowest BCUT2D eigenvalue weighted by Crippen LogP contribution is -2.61. The van der Waals surface area contributed by atoms with Gasteiger partial charge in [-0.1, -0.05) is 13.8 Å². The van der Waals surface area contributed by atoms with Gasteiger partial charge in [0.05, 0.1) is 12.2 Å². The monoisotopic (exact) mass is 350 g/mol. The Bertz CT molecular complexity index is 576. The summed E-state index contributed by atoms with van der Waals surface area (Å²) in [6, 6.07) is 0. The zero-order chi connectivity index (χ0) is 18.2. The number of hydrogen-bond donors (Lipinski definition) is 3. The maximum absolute atomic E-state index is 12.3. The van der Waals surface area contributed by atoms with Crippen molar-refractivity contribution >= 4 is 5.78 Å². The summed E-state index contributed by atoms with van der Waals surface area (Å²) in [4.78, 5) is 12.3. The van der Waals surface area contributed by atoms with Crippen molar-refractivity contribution in [2.45, 2.75) is 89.9 Å². The minimum Gasteiger partial charge on any atom is -0.393 e. The molecule has 0 radical (unpaired) electrons. The molecule has 0 aromatic carbocycles. The summed E-state index contributed by atoms with van der Waals surface area (Å²) >= 11 is 0. The second kappa shape index (κ2) is 5.53. The van der Waals surface area contributed by atoms with Gasteiger partial charge < -0.3 is 15.3 Å². The van der Waals surface area contributed by atoms with Crippen LogP contribution in [0.2, 0.25) is 0 Å². The summed E-state index contributed by atoms with van der Waals surface area (Å²) in [6.45, 7) is 5.99. The summed E-state index contributed by atoms with van der Waals surface area (Å²) in [6.07, 6.45) is 6.12. The zero-order valence-corrected chi connectivity index (χ0v) is 15.9. The van der Waals surface area contributed by atoms with Crippen molar-refractivity contribution in [1.82, 2.24) is 0 Å². The first-order valence-electron chi connectivity index (χ1n) is 10.2. The molecule has 4 nitrogen and oxygen atoms in total. The van der Waals surface area contributed by atoms with Crippen molar-refractivity contribution < 1.29 is 20.1 Å². The molecule has 0 spiro atoms. The molecule has 0 heterocycles. The van der Waals surface area contributed by atoms with E-state index in [4.69, 9.17) is 0 Å². The van der Waals surface area contributed by atoms with E-state index in [2.05, 4.69) is 13.8 Å². The average Bonchev–Trinajstić information content (AvgIpc) is 2.82. The van der Waals surface area contributed by atoms with E-state index in [1.54, 1.807) is 0 Å². The van der Waals surface area contributed by atoms with Crippen LogP contribution >= 0.6 is 0 Å². The van der Waals surface area contributed by atoms with Crippen LogP contribution in [0.3, 0.4) is 0 Å². The van der Waals surface area contributed by atoms with Crippen molar-refractivity contribution in [2.24, 2.45) is 34.5 Å². The summed E-state index contributed by atoms with van der Waals surface area (Å²) in [5.41, 5.74) is -1.44. The van der Waals surface area contributed by atoms with E-state index in [-0.39, 0.29) is 35.2 Å². The van der Waals surface area contributed by atoms with Gasteiger partial charge in [0.1, 0.15) is 5.60 Å². The van der Waals surface area contributed by atoms with Crippen LogP contribution in [0.5, 0.6) is 0 Å². The molecule has 25 heavy (non-hydrogen) atoms. The third-order valence-corrected chi connectivity index (χ3v) is 9.39. The summed E-state index contributed by atoms with van der Waals surface area (Å²) in [5.74, 6) is 1.14. The predicted octanol–water partition coefficient (Wildman–Crippen LogP) is 2.68. The second-order valence-corrected chi connectivity index (χ2v) is 10.1. The molecule has 0 saturated heterocycles. The number of ketones is 1. The van der Waals surface area contributed by atoms with Gasteiger partial charge in [-0.3, -0.25) is 4.79 Å². The Morgan fingerprint density at radius 2 is 1.64 bits per heavy atom. The number of rotatable bonds is 1. The van der Waals surface area contributed by atoms with Gasteiger partial charge in [0.2, 0.25) is 0 Å². The molecule has 0 aliphatic heterocycles. The number of aliphatic hydroxyl groups is 3. The molecule has 3 N–H and O–H groups in total. The number of Topliss-reactive ketones (excluding diaryl/α,β-unsaturated/α-hetero) is 1. The fraction of sp³-hybridized carbons (Fsp3) is 0.952. The molecule has 0 bridgehead atoms. The maximum Gasteiger partial charge on any atom is 0.161 e. The van der Waals surface area contributed by atoms with E-state index >= 15 is 0 Å². The number of fused-ring (bicyclic) bond motifs is 5. The maximum atomic E-state index is 12.3. The van der Waals surface area contributed by atoms with Crippen molar-refractivity contribution in [3.05, 3.63) is 0 Å². The van der Waals surface area contributed by atoms with Gasteiger partial charge in [-0.05, 0) is 87.4 Å². The molecule has 0 unspecified atom stereocenters. The van der Waals surface area contributed by atoms with Crippen LogP contribution in [0.1, 0.15) is 72.1 Å². The molecule has 4 fully saturated rings. The molecule has 9 atom stereocenters. The van der Waals surface area contributed by atoms with E-state index in [0.29, 0.717) is 18.3 Å². The lowest BCUT2D eigenvalue weighted by Gasteiger charge is -2.62. The van der Waals surface area contributed by atoms with Gasteiger partial charge >= 0.3 is 0 Å². The van der Waals surface area contributed by atoms with Crippen LogP contribution in [-0.2, 0) is 4.79 Å². The first-order chi connectivity index (χ1) is 11.6. The van der Waals surface area contributed by atoms with Crippen LogP contribution in [0.15, 0.2) is 0 Å². The fourth-order valence-corrected chi connectivity index (χ4v) is 7.80. The molecule has 4 rings (SSSR count). The smallest absolute Gasteiger partial charge is 0.161 e. The highest BCUT2D eigenvalue weighted by molar-refractivity contribution is 5.86. The third kappa shape index (κ3) is 2.20. The molecule has 0 aromatic heterocycles. The Balaban J connectivity index is 1.69. The summed E-state index contributed by atoms with van der Waals surface area (Å²) in [5, 5.41) is 32.3. The molecule has 4 saturated carbocycles. The minimum atomic E-state index is -1.22. The van der Waals surface area contributed by atoms with Crippen LogP contribution in [0.4, 0.5) is 0 Å². The Labute approximate surface area is 151 Å². The van der Waals surface area contributed by atoms with Gasteiger partial charge in [0.25, 0.3) is 0 Å². The SMILES string of the molecule is CC(=O)[C@@]1(O)CC[C@H]2[C@@H]3[C@H](O)C[C@H]4C[C@H](O)CC[C@]4(C)[C@H]3CC[C@@]21C. The van der Waals surface area contributed by atoms with E-state index < -0.39 is 11.0 Å². The molecule has 4 heteroatoms. The van der Waals surface area contributed by atoms with Gasteiger partial charge in [-0.25, -0.2) is 0 Å². The van der Waals surface area contributed by atoms with Crippen LogP contribution in [0, 0.1) is 34.5 Å². The first-order valence-corrected chi connectivity index (χ1v) is 10.2. The Kier molecular flexibility index (Phi) is 3.97. The highest BCUT2D eigenvalue weighted by atomic mass is 16.3. The van der Waals surface area contributed by atoms with E-state index in [9.17, 15) is 20.1 Å². The Morgan fingerprint density at radius 1 is 0.960 bits per heavy atom. The molecular formula is C21H34O4. The standard InChI is InChI=1S/C21H34O4/c1-12(22)21(25)9-6-16-18-15(5-8-20(16,21)3)19(2)7-4-14(23)10-13(19)11-17(18)24/h13-18,23-25H,4-11H2,1-3H3/t13-,14-,15+,16+,17-,18-,19+,20+,21+/m1/s1. The van der Waals surface area contributed by atoms with E-state index in [1.165, 1.54) is 6.92 Å². The lowest BCUT2D eigenvalue weighted by atomic mass is 9.43. The van der Waals surface area contributed by atoms with Gasteiger partial charge in [-0.15, -0.1) is 0 Å². The quantitative estimate of drug-likeness (QED) is 0.679. The highest BCUT2D eigenvalue weighted by Crippen LogP contribution is 2.68. The number of aliphatic hydroxyl groups excluding tert-OH is 2. The van der Waals surface area contributed by atoms with Gasteiger partial charge in [-0.2, -0.15) is 0 Å². The molecule has 4 aliphatic carbocycles. The van der Waals surface area contributed by atoms with Crippen molar-refractivity contribution in [3.63, 3.8) is 0 Å². The topological polar surface area (TPSA) is 77.8 Å². The van der Waals surface area contributed by atoms with Crippen molar-refractivity contribution in [3.8, 4) is 0 Å². The molecule has 0 aromatic rings. The second-order valence-electron chi connectivity index (χ2n) is 10.1. The van der Waals surface area contributed by atoms with Crippen LogP contribution in [-0.4, -0.2) is 38.9 Å². The molecule has 142 valence electrons. The Hall–Kier alpha value is -0.450. The average molecular weight is 350 g/mol. The number of carbonyl (C=O) groups excluding carboxylic acids is 1. The number of hydrogen-bond acceptors (Lipinski definition) is 4. The van der Waals surface area contributed by atoms with E-state index in [1.807, 2.05) is 0 Å². The largest absolute Gasteiger partial charge is 0.393 e. The van der Waals surface area contributed by atoms with Crippen molar-refractivity contribution in [2.75, 3.05) is 0 Å². The van der Waals surface area contributed by atoms with Gasteiger partial charge in [0.15, 0.2) is 5.78 Å². The molecule has 0 amide bonds. The number of carbonyl (C=O) groups is 1. The fourth-order valence-electron chi connectivity index (χ4n) is 7.80. The lowest BCUT2D eigenvalue weighted by molar-refractivity contribution is -0.193. The molecule has 4 aliphatic rings. The van der Waals surface area contributed by atoms with E-state index in [0.717, 1.165) is 44.9 Å². The predicted molar refractivity (Wildman–Crippen MR) is 94.8 cm³/mol. The highest BCUT2D eigenvalue weighted by Gasteiger charge is 2.67. The normalized spacial score (nSPS) is 58.2.